The van der Waals surface area contributed by atoms with E-state index in [9.17, 15) is 5.11 Å². The Balaban J connectivity index is 1.48. The summed E-state index contributed by atoms with van der Waals surface area (Å²) >= 11 is 5.90. The molecule has 2 unspecified atom stereocenters. The van der Waals surface area contributed by atoms with Gasteiger partial charge in [-0.2, -0.15) is 0 Å². The topological polar surface area (TPSA) is 41.5 Å². The fourth-order valence-electron chi connectivity index (χ4n) is 2.69. The predicted molar refractivity (Wildman–Crippen MR) is 103 cm³/mol. The third kappa shape index (κ3) is 4.95. The van der Waals surface area contributed by atoms with Crippen molar-refractivity contribution in [3.05, 3.63) is 77.3 Å². The van der Waals surface area contributed by atoms with Gasteiger partial charge in [-0.1, -0.05) is 54.1 Å². The van der Waals surface area contributed by atoms with Gasteiger partial charge >= 0.3 is 0 Å². The van der Waals surface area contributed by atoms with E-state index < -0.39 is 6.10 Å². The molecule has 0 heterocycles. The van der Waals surface area contributed by atoms with Crippen molar-refractivity contribution < 1.29 is 9.84 Å². The first-order chi connectivity index (χ1) is 12.1. The van der Waals surface area contributed by atoms with Gasteiger partial charge in [0.2, 0.25) is 0 Å². The van der Waals surface area contributed by atoms with E-state index in [2.05, 4.69) is 18.3 Å². The molecule has 3 rings (SSSR count). The van der Waals surface area contributed by atoms with E-state index in [0.29, 0.717) is 6.54 Å². The van der Waals surface area contributed by atoms with E-state index in [1.165, 1.54) is 5.39 Å². The highest BCUT2D eigenvalue weighted by atomic mass is 35.5. The molecule has 0 aliphatic heterocycles. The lowest BCUT2D eigenvalue weighted by molar-refractivity contribution is 0.104. The maximum absolute atomic E-state index is 10.2. The van der Waals surface area contributed by atoms with Gasteiger partial charge in [0.15, 0.2) is 0 Å². The minimum absolute atomic E-state index is 0.132. The molecular formula is C21H22ClNO2. The summed E-state index contributed by atoms with van der Waals surface area (Å²) in [5, 5.41) is 16.5. The van der Waals surface area contributed by atoms with Crippen molar-refractivity contribution in [2.24, 2.45) is 0 Å². The van der Waals surface area contributed by atoms with E-state index >= 15 is 0 Å². The molecule has 0 aliphatic rings. The van der Waals surface area contributed by atoms with Gasteiger partial charge in [0.05, 0.1) is 0 Å². The number of fused-ring (bicyclic) bond motifs is 1. The zero-order chi connectivity index (χ0) is 17.6. The molecule has 4 heteroatoms. The van der Waals surface area contributed by atoms with Gasteiger partial charge in [-0.05, 0) is 47.5 Å². The van der Waals surface area contributed by atoms with Crippen LogP contribution in [0.3, 0.4) is 0 Å². The summed E-state index contributed by atoms with van der Waals surface area (Å²) in [6.45, 7) is 2.76. The summed E-state index contributed by atoms with van der Waals surface area (Å²) < 4.78 is 5.72. The fraction of sp³-hybridized carbons (Fsp3) is 0.238. The Kier molecular flexibility index (Phi) is 5.92. The Hall–Kier alpha value is -2.07. The van der Waals surface area contributed by atoms with Crippen molar-refractivity contribution in [3.63, 3.8) is 0 Å². The van der Waals surface area contributed by atoms with E-state index in [4.69, 9.17) is 16.3 Å². The number of hydrogen-bond donors (Lipinski definition) is 2. The molecule has 0 bridgehead atoms. The summed E-state index contributed by atoms with van der Waals surface area (Å²) in [7, 11) is 0. The number of benzene rings is 3. The van der Waals surface area contributed by atoms with Crippen LogP contribution in [0.4, 0.5) is 0 Å². The van der Waals surface area contributed by atoms with Crippen molar-refractivity contribution in [1.29, 1.82) is 0 Å². The number of nitrogens with one attached hydrogen (secondary N) is 1. The van der Waals surface area contributed by atoms with E-state index in [1.54, 1.807) is 0 Å². The quantitative estimate of drug-likeness (QED) is 0.651. The van der Waals surface area contributed by atoms with Crippen LogP contribution in [0.5, 0.6) is 5.75 Å². The van der Waals surface area contributed by atoms with Crippen molar-refractivity contribution in [2.75, 3.05) is 13.2 Å². The molecule has 3 aromatic carbocycles. The predicted octanol–water partition coefficient (Wildman–Crippen LogP) is 4.58. The molecule has 2 N–H and O–H groups in total. The van der Waals surface area contributed by atoms with Crippen LogP contribution in [0.25, 0.3) is 10.8 Å². The summed E-state index contributed by atoms with van der Waals surface area (Å²) in [6, 6.07) is 21.9. The molecule has 3 nitrogen and oxygen atoms in total. The number of halogens is 1. The highest BCUT2D eigenvalue weighted by molar-refractivity contribution is 6.30. The molecule has 3 aromatic rings. The highest BCUT2D eigenvalue weighted by Crippen LogP contribution is 2.20. The maximum atomic E-state index is 10.2. The number of aliphatic hydroxyl groups excluding tert-OH is 1. The van der Waals surface area contributed by atoms with E-state index in [-0.39, 0.29) is 12.6 Å². The lowest BCUT2D eigenvalue weighted by Crippen LogP contribution is -2.33. The van der Waals surface area contributed by atoms with Crippen LogP contribution in [0.1, 0.15) is 18.5 Å². The Labute approximate surface area is 153 Å². The summed E-state index contributed by atoms with van der Waals surface area (Å²) in [5.74, 6) is 0.767. The summed E-state index contributed by atoms with van der Waals surface area (Å²) in [4.78, 5) is 0. The van der Waals surface area contributed by atoms with Gasteiger partial charge in [-0.3, -0.25) is 0 Å². The zero-order valence-corrected chi connectivity index (χ0v) is 14.9. The first-order valence-corrected chi connectivity index (χ1v) is 8.78. The molecule has 0 amide bonds. The van der Waals surface area contributed by atoms with Gasteiger partial charge in [-0.15, -0.1) is 0 Å². The molecule has 0 spiro atoms. The summed E-state index contributed by atoms with van der Waals surface area (Å²) in [5.41, 5.74) is 1.13. The zero-order valence-electron chi connectivity index (χ0n) is 14.2. The monoisotopic (exact) mass is 355 g/mol. The Bertz CT molecular complexity index is 819. The molecule has 130 valence electrons. The normalized spacial score (nSPS) is 13.6. The second kappa shape index (κ2) is 8.34. The third-order valence-electron chi connectivity index (χ3n) is 4.19. The Morgan fingerprint density at radius 1 is 1.00 bits per heavy atom. The van der Waals surface area contributed by atoms with Crippen LogP contribution in [0, 0.1) is 0 Å². The van der Waals surface area contributed by atoms with Crippen LogP contribution < -0.4 is 10.1 Å². The standard InChI is InChI=1S/C21H22ClNO2/c1-15(16-6-9-19(22)10-7-16)23-13-20(24)14-25-21-11-8-17-4-2-3-5-18(17)12-21/h2-12,15,20,23-24H,13-14H2,1H3. The number of hydrogen-bond acceptors (Lipinski definition) is 3. The molecule has 25 heavy (non-hydrogen) atoms. The minimum atomic E-state index is -0.582. The average molecular weight is 356 g/mol. The summed E-state index contributed by atoms with van der Waals surface area (Å²) in [6.07, 6.45) is -0.582. The highest BCUT2D eigenvalue weighted by Gasteiger charge is 2.10. The van der Waals surface area contributed by atoms with Crippen LogP contribution in [0.15, 0.2) is 66.7 Å². The fourth-order valence-corrected chi connectivity index (χ4v) is 2.82. The SMILES string of the molecule is CC(NCC(O)COc1ccc2ccccc2c1)c1ccc(Cl)cc1. The van der Waals surface area contributed by atoms with E-state index in [0.717, 1.165) is 21.7 Å². The first-order valence-electron chi connectivity index (χ1n) is 8.40. The van der Waals surface area contributed by atoms with Gasteiger partial charge < -0.3 is 15.2 Å². The van der Waals surface area contributed by atoms with Crippen molar-refractivity contribution >= 4 is 22.4 Å². The van der Waals surface area contributed by atoms with Crippen molar-refractivity contribution in [1.82, 2.24) is 5.32 Å². The third-order valence-corrected chi connectivity index (χ3v) is 4.44. The van der Waals surface area contributed by atoms with Crippen LogP contribution in [0.2, 0.25) is 5.02 Å². The molecule has 0 saturated carbocycles. The van der Waals surface area contributed by atoms with Crippen LogP contribution in [-0.2, 0) is 0 Å². The Morgan fingerprint density at radius 3 is 2.48 bits per heavy atom. The number of rotatable bonds is 7. The lowest BCUT2D eigenvalue weighted by atomic mass is 10.1. The first kappa shape index (κ1) is 17.7. The molecular weight excluding hydrogens is 334 g/mol. The smallest absolute Gasteiger partial charge is 0.120 e. The lowest BCUT2D eigenvalue weighted by Gasteiger charge is -2.18. The average Bonchev–Trinajstić information content (AvgIpc) is 2.65. The maximum Gasteiger partial charge on any atom is 0.120 e. The molecule has 0 aliphatic carbocycles. The van der Waals surface area contributed by atoms with Gasteiger partial charge in [0.25, 0.3) is 0 Å². The molecule has 0 saturated heterocycles. The molecule has 0 radical (unpaired) electrons. The molecule has 0 aromatic heterocycles. The van der Waals surface area contributed by atoms with E-state index in [1.807, 2.05) is 60.7 Å². The molecule has 0 fully saturated rings. The largest absolute Gasteiger partial charge is 0.491 e. The minimum Gasteiger partial charge on any atom is -0.491 e. The van der Waals surface area contributed by atoms with Crippen molar-refractivity contribution in [3.8, 4) is 5.75 Å². The number of ether oxygens (including phenoxy) is 1. The molecule has 2 atom stereocenters. The van der Waals surface area contributed by atoms with Gasteiger partial charge in [-0.25, -0.2) is 0 Å². The second-order valence-electron chi connectivity index (χ2n) is 6.16. The van der Waals surface area contributed by atoms with Crippen LogP contribution >= 0.6 is 11.6 Å². The van der Waals surface area contributed by atoms with Crippen LogP contribution in [-0.4, -0.2) is 24.4 Å². The Morgan fingerprint density at radius 2 is 1.72 bits per heavy atom. The van der Waals surface area contributed by atoms with Crippen molar-refractivity contribution in [2.45, 2.75) is 19.1 Å². The van der Waals surface area contributed by atoms with Gasteiger partial charge in [0, 0.05) is 17.6 Å². The number of aliphatic hydroxyl groups is 1. The second-order valence-corrected chi connectivity index (χ2v) is 6.59. The van der Waals surface area contributed by atoms with Gasteiger partial charge in [0.1, 0.15) is 18.5 Å².